The molecule has 0 bridgehead atoms. The molecule has 3 N–H and O–H groups in total. The molecule has 0 aromatic heterocycles. The van der Waals surface area contributed by atoms with Gasteiger partial charge in [-0.2, -0.15) is 0 Å². The molecule has 0 spiro atoms. The quantitative estimate of drug-likeness (QED) is 0.0222. The van der Waals surface area contributed by atoms with Crippen LogP contribution in [0.15, 0.2) is 0 Å². The van der Waals surface area contributed by atoms with Gasteiger partial charge in [0.2, 0.25) is 0 Å². The summed E-state index contributed by atoms with van der Waals surface area (Å²) in [7, 11) is -9.92. The van der Waals surface area contributed by atoms with Crippen molar-refractivity contribution >= 4 is 39.5 Å². The van der Waals surface area contributed by atoms with Gasteiger partial charge in [-0.1, -0.05) is 369 Å². The molecule has 0 rings (SSSR count). The number of hydrogen-bond acceptors (Lipinski definition) is 15. The van der Waals surface area contributed by atoms with Crippen LogP contribution in [-0.4, -0.2) is 96.7 Å². The van der Waals surface area contributed by atoms with Crippen molar-refractivity contribution in [3.63, 3.8) is 0 Å². The molecule has 0 saturated heterocycles. The summed E-state index contributed by atoms with van der Waals surface area (Å²) in [5, 5.41) is 10.6. The minimum Gasteiger partial charge on any atom is -0.462 e. The number of hydrogen-bond donors (Lipinski definition) is 3. The van der Waals surface area contributed by atoms with E-state index in [0.29, 0.717) is 31.6 Å². The van der Waals surface area contributed by atoms with Gasteiger partial charge in [0.05, 0.1) is 26.4 Å². The van der Waals surface area contributed by atoms with Crippen molar-refractivity contribution in [2.45, 2.75) is 439 Å². The highest BCUT2D eigenvalue weighted by Crippen LogP contribution is 2.45. The van der Waals surface area contributed by atoms with Crippen molar-refractivity contribution in [3.05, 3.63) is 0 Å². The van der Waals surface area contributed by atoms with Gasteiger partial charge in [0.15, 0.2) is 12.2 Å². The lowest BCUT2D eigenvalue weighted by Gasteiger charge is -2.21. The number of esters is 4. The number of phosphoric ester groups is 2. The molecule has 17 nitrogen and oxygen atoms in total. The van der Waals surface area contributed by atoms with E-state index < -0.39 is 97.5 Å². The van der Waals surface area contributed by atoms with Crippen molar-refractivity contribution in [1.82, 2.24) is 0 Å². The number of phosphoric acid groups is 2. The highest BCUT2D eigenvalue weighted by atomic mass is 31.2. The largest absolute Gasteiger partial charge is 0.472 e. The predicted octanol–water partition coefficient (Wildman–Crippen LogP) is 23.9. The average molecular weight is 1450 g/mol. The summed E-state index contributed by atoms with van der Waals surface area (Å²) in [5.41, 5.74) is 0. The third kappa shape index (κ3) is 74.1. The summed E-state index contributed by atoms with van der Waals surface area (Å²) in [5.74, 6) is -0.622. The van der Waals surface area contributed by atoms with Gasteiger partial charge >= 0.3 is 39.5 Å². The Kier molecular flexibility index (Phi) is 70.3. The van der Waals surface area contributed by atoms with Crippen LogP contribution in [0, 0.1) is 11.8 Å². The Balaban J connectivity index is 5.22. The van der Waals surface area contributed by atoms with Gasteiger partial charge in [0.1, 0.15) is 19.3 Å². The Morgan fingerprint density at radius 3 is 0.687 bits per heavy atom. The van der Waals surface area contributed by atoms with E-state index in [1.807, 2.05) is 0 Å². The zero-order chi connectivity index (χ0) is 72.8. The summed E-state index contributed by atoms with van der Waals surface area (Å²) < 4.78 is 68.6. The summed E-state index contributed by atoms with van der Waals surface area (Å²) in [6, 6.07) is 0. The number of rotatable bonds is 79. The number of carbonyl (C=O) groups excluding carboxylic acids is 4. The van der Waals surface area contributed by atoms with E-state index in [0.717, 1.165) is 102 Å². The molecule has 0 aliphatic rings. The van der Waals surface area contributed by atoms with Crippen LogP contribution in [0.3, 0.4) is 0 Å². The number of unbranched alkanes of at least 4 members (excludes halogenated alkanes) is 49. The lowest BCUT2D eigenvalue weighted by molar-refractivity contribution is -0.161. The van der Waals surface area contributed by atoms with Crippen molar-refractivity contribution in [2.75, 3.05) is 39.6 Å². The molecule has 0 amide bonds. The molecule has 0 aliphatic heterocycles. The van der Waals surface area contributed by atoms with E-state index in [9.17, 15) is 43.2 Å². The molecule has 0 aromatic rings. The zero-order valence-electron chi connectivity index (χ0n) is 64.8. The number of aliphatic hydroxyl groups is 1. The maximum atomic E-state index is 13.1. The highest BCUT2D eigenvalue weighted by molar-refractivity contribution is 7.47. The first-order valence-corrected chi connectivity index (χ1v) is 44.5. The van der Waals surface area contributed by atoms with Gasteiger partial charge in [-0.05, 0) is 37.5 Å². The molecular formula is C80H156O17P2. The standard InChI is InChI=1S/C80H156O17P2/c1-7-9-11-13-15-17-19-21-23-24-28-32-35-39-43-50-56-62-77(82)90-68-75(96-79(84)65-59-53-45-41-37-33-29-26-25-27-30-34-38-42-48-54-60-72(3)4)70-94-98(86,87)92-66-74(81)67-93-99(88,89)95-71-76(69-91-78(83)63-57-51-47-46-49-55-61-73(5)6)97-80(85)64-58-52-44-40-36-31-22-20-18-16-14-12-10-8-2/h72-76,81H,7-71H2,1-6H3,(H,86,87)(H,88,89)/t74-,75-,76-/m1/s1. The molecular weight excluding hydrogens is 1290 g/mol. The predicted molar refractivity (Wildman–Crippen MR) is 405 cm³/mol. The Bertz CT molecular complexity index is 1910. The highest BCUT2D eigenvalue weighted by Gasteiger charge is 2.30. The van der Waals surface area contributed by atoms with E-state index >= 15 is 0 Å². The van der Waals surface area contributed by atoms with Crippen LogP contribution < -0.4 is 0 Å². The van der Waals surface area contributed by atoms with Crippen LogP contribution in [-0.2, 0) is 65.4 Å². The molecule has 0 radical (unpaired) electrons. The van der Waals surface area contributed by atoms with Crippen LogP contribution >= 0.6 is 15.6 Å². The minimum atomic E-state index is -4.96. The number of aliphatic hydroxyl groups excluding tert-OH is 1. The van der Waals surface area contributed by atoms with Gasteiger partial charge in [0, 0.05) is 25.7 Å². The molecule has 19 heteroatoms. The SMILES string of the molecule is CCCCCCCCCCCCCCCCCCCC(=O)OC[C@H](COP(=O)(O)OC[C@@H](O)COP(=O)(O)OC[C@@H](COC(=O)CCCCCCCCC(C)C)OC(=O)CCCCCCCCCCCCCCCC)OC(=O)CCCCCCCCCCCCCCCCCCC(C)C. The van der Waals surface area contributed by atoms with Crippen molar-refractivity contribution < 1.29 is 80.2 Å². The number of ether oxygens (including phenoxy) is 4. The van der Waals surface area contributed by atoms with Crippen molar-refractivity contribution in [2.24, 2.45) is 11.8 Å². The van der Waals surface area contributed by atoms with E-state index in [-0.39, 0.29) is 25.7 Å². The third-order valence-electron chi connectivity index (χ3n) is 18.7. The zero-order valence-corrected chi connectivity index (χ0v) is 66.6. The molecule has 0 aromatic carbocycles. The fraction of sp³-hybridized carbons (Fsp3) is 0.950. The second kappa shape index (κ2) is 71.7. The minimum absolute atomic E-state index is 0.107. The topological polar surface area (TPSA) is 237 Å². The summed E-state index contributed by atoms with van der Waals surface area (Å²) >= 11 is 0. The Morgan fingerprint density at radius 1 is 0.273 bits per heavy atom. The first kappa shape index (κ1) is 97.1. The van der Waals surface area contributed by atoms with Crippen LogP contribution in [0.5, 0.6) is 0 Å². The molecule has 5 atom stereocenters. The number of carbonyl (C=O) groups is 4. The molecule has 0 heterocycles. The summed E-state index contributed by atoms with van der Waals surface area (Å²) in [6.07, 6.45) is 61.2. The van der Waals surface area contributed by atoms with E-state index in [1.165, 1.54) is 231 Å². The van der Waals surface area contributed by atoms with E-state index in [2.05, 4.69) is 41.5 Å². The first-order chi connectivity index (χ1) is 47.9. The Hall–Kier alpha value is -1.94. The molecule has 588 valence electrons. The van der Waals surface area contributed by atoms with Crippen molar-refractivity contribution in [1.29, 1.82) is 0 Å². The van der Waals surface area contributed by atoms with Crippen molar-refractivity contribution in [3.8, 4) is 0 Å². The van der Waals surface area contributed by atoms with E-state index in [1.54, 1.807) is 0 Å². The van der Waals surface area contributed by atoms with Crippen LogP contribution in [0.1, 0.15) is 420 Å². The molecule has 2 unspecified atom stereocenters. The summed E-state index contributed by atoms with van der Waals surface area (Å²) in [4.78, 5) is 72.9. The fourth-order valence-corrected chi connectivity index (χ4v) is 13.9. The fourth-order valence-electron chi connectivity index (χ4n) is 12.4. The normalized spacial score (nSPS) is 13.9. The smallest absolute Gasteiger partial charge is 0.462 e. The third-order valence-corrected chi connectivity index (χ3v) is 20.6. The van der Waals surface area contributed by atoms with Gasteiger partial charge < -0.3 is 33.8 Å². The molecule has 0 fully saturated rings. The van der Waals surface area contributed by atoms with Gasteiger partial charge in [-0.25, -0.2) is 9.13 Å². The summed E-state index contributed by atoms with van der Waals surface area (Å²) in [6.45, 7) is 9.58. The second-order valence-electron chi connectivity index (χ2n) is 29.8. The average Bonchev–Trinajstić information content (AvgIpc) is 1.08. The van der Waals surface area contributed by atoms with Crippen LogP contribution in [0.25, 0.3) is 0 Å². The Morgan fingerprint density at radius 2 is 0.465 bits per heavy atom. The first-order valence-electron chi connectivity index (χ1n) is 41.5. The van der Waals surface area contributed by atoms with Gasteiger partial charge in [0.25, 0.3) is 0 Å². The second-order valence-corrected chi connectivity index (χ2v) is 32.7. The maximum absolute atomic E-state index is 13.1. The van der Waals surface area contributed by atoms with Crippen LogP contribution in [0.2, 0.25) is 0 Å². The monoisotopic (exact) mass is 1450 g/mol. The Labute approximate surface area is 607 Å². The maximum Gasteiger partial charge on any atom is 0.472 e. The molecule has 0 aliphatic carbocycles. The van der Waals surface area contributed by atoms with Gasteiger partial charge in [-0.15, -0.1) is 0 Å². The van der Waals surface area contributed by atoms with E-state index in [4.69, 9.17) is 37.0 Å². The van der Waals surface area contributed by atoms with Gasteiger partial charge in [-0.3, -0.25) is 37.3 Å². The lowest BCUT2D eigenvalue weighted by atomic mass is 10.0. The molecule has 0 saturated carbocycles. The molecule has 99 heavy (non-hydrogen) atoms. The van der Waals surface area contributed by atoms with Crippen LogP contribution in [0.4, 0.5) is 0 Å². The lowest BCUT2D eigenvalue weighted by Crippen LogP contribution is -2.30.